The van der Waals surface area contributed by atoms with E-state index in [9.17, 15) is 9.59 Å². The summed E-state index contributed by atoms with van der Waals surface area (Å²) in [7, 11) is 0. The number of carbonyl (C=O) groups is 1. The van der Waals surface area contributed by atoms with Crippen LogP contribution in [0.3, 0.4) is 0 Å². The van der Waals surface area contributed by atoms with Crippen LogP contribution in [0, 0.1) is 19.3 Å². The molecule has 1 aliphatic heterocycles. The van der Waals surface area contributed by atoms with Gasteiger partial charge in [-0.3, -0.25) is 9.59 Å². The van der Waals surface area contributed by atoms with Crippen molar-refractivity contribution in [3.63, 3.8) is 0 Å². The molecule has 3 rings (SSSR count). The predicted molar refractivity (Wildman–Crippen MR) is 151 cm³/mol. The van der Waals surface area contributed by atoms with Gasteiger partial charge in [0.1, 0.15) is 5.82 Å². The van der Waals surface area contributed by atoms with Crippen molar-refractivity contribution in [2.75, 3.05) is 5.32 Å². The van der Waals surface area contributed by atoms with Crippen LogP contribution in [0.1, 0.15) is 111 Å². The highest BCUT2D eigenvalue weighted by Crippen LogP contribution is 2.39. The zero-order valence-corrected chi connectivity index (χ0v) is 23.9. The van der Waals surface area contributed by atoms with E-state index in [4.69, 9.17) is 10.4 Å². The zero-order chi connectivity index (χ0) is 27.7. The summed E-state index contributed by atoms with van der Waals surface area (Å²) in [5, 5.41) is 18.1. The van der Waals surface area contributed by atoms with Gasteiger partial charge in [0.15, 0.2) is 0 Å². The minimum Gasteiger partial charge on any atom is -0.367 e. The second kappa shape index (κ2) is 10.8. The van der Waals surface area contributed by atoms with E-state index in [2.05, 4.69) is 55.6 Å². The molecular formula is C29H44N6O2. The molecule has 2 aromatic heterocycles. The van der Waals surface area contributed by atoms with E-state index >= 15 is 0 Å². The molecule has 1 saturated heterocycles. The number of amides is 1. The summed E-state index contributed by atoms with van der Waals surface area (Å²) in [6.45, 7) is 18.8. The van der Waals surface area contributed by atoms with Gasteiger partial charge in [-0.25, -0.2) is 4.98 Å². The fourth-order valence-corrected chi connectivity index (χ4v) is 5.99. The summed E-state index contributed by atoms with van der Waals surface area (Å²) in [5.74, 6) is 0.373. The van der Waals surface area contributed by atoms with Gasteiger partial charge in [0, 0.05) is 58.3 Å². The summed E-state index contributed by atoms with van der Waals surface area (Å²) in [4.78, 5) is 34.1. The van der Waals surface area contributed by atoms with Crippen molar-refractivity contribution in [1.29, 1.82) is 5.41 Å². The van der Waals surface area contributed by atoms with E-state index in [0.29, 0.717) is 22.5 Å². The maximum atomic E-state index is 13.6. The number of nitrogens with zero attached hydrogens (tertiary/aromatic N) is 1. The Morgan fingerprint density at radius 1 is 1.19 bits per heavy atom. The molecule has 1 aliphatic rings. The van der Waals surface area contributed by atoms with Gasteiger partial charge in [0.05, 0.1) is 5.56 Å². The molecule has 0 unspecified atom stereocenters. The lowest BCUT2D eigenvalue weighted by atomic mass is 9.74. The second-order valence-corrected chi connectivity index (χ2v) is 12.0. The zero-order valence-electron chi connectivity index (χ0n) is 23.9. The number of aromatic nitrogens is 2. The average Bonchev–Trinajstić information content (AvgIpc) is 2.75. The number of nitrogens with one attached hydrogen (secondary N) is 5. The maximum Gasteiger partial charge on any atom is 0.253 e. The van der Waals surface area contributed by atoms with Crippen molar-refractivity contribution >= 4 is 17.9 Å². The molecule has 5 N–H and O–H groups in total. The molecule has 202 valence electrons. The first kappa shape index (κ1) is 28.6. The molecule has 1 fully saturated rings. The van der Waals surface area contributed by atoms with Crippen molar-refractivity contribution < 1.29 is 4.79 Å². The molecule has 3 heterocycles. The molecule has 0 atom stereocenters. The first-order chi connectivity index (χ1) is 17.2. The van der Waals surface area contributed by atoms with Crippen LogP contribution in [0.25, 0.3) is 0 Å². The number of anilines is 1. The van der Waals surface area contributed by atoms with Crippen molar-refractivity contribution in [1.82, 2.24) is 20.6 Å². The lowest BCUT2D eigenvalue weighted by Gasteiger charge is -2.46. The number of H-pyrrole nitrogens is 1. The Hall–Kier alpha value is -3.00. The first-order valence-corrected chi connectivity index (χ1v) is 13.3. The van der Waals surface area contributed by atoms with E-state index in [1.165, 1.54) is 6.21 Å². The van der Waals surface area contributed by atoms with Crippen molar-refractivity contribution in [3.8, 4) is 0 Å². The SMILES string of the molecule is CCc1c(C)[nH]c(=O)c(CNC(=O)c2cc(C3CC(C)(C)NC(C)(C)C3)nc(NC(C)C)c2C=N)c1C. The number of hydrogen-bond acceptors (Lipinski definition) is 6. The highest BCUT2D eigenvalue weighted by Gasteiger charge is 2.39. The van der Waals surface area contributed by atoms with Crippen molar-refractivity contribution in [2.24, 2.45) is 0 Å². The minimum atomic E-state index is -0.321. The van der Waals surface area contributed by atoms with E-state index in [0.717, 1.165) is 41.8 Å². The molecule has 0 saturated carbocycles. The van der Waals surface area contributed by atoms with Gasteiger partial charge >= 0.3 is 0 Å². The Morgan fingerprint density at radius 2 is 1.81 bits per heavy atom. The fraction of sp³-hybridized carbons (Fsp3) is 0.586. The number of piperidine rings is 1. The first-order valence-electron chi connectivity index (χ1n) is 13.3. The summed E-state index contributed by atoms with van der Waals surface area (Å²) in [6, 6.07) is 1.92. The number of carbonyl (C=O) groups excluding carboxylic acids is 1. The summed E-state index contributed by atoms with van der Waals surface area (Å²) in [5.41, 5.74) is 4.78. The second-order valence-electron chi connectivity index (χ2n) is 12.0. The van der Waals surface area contributed by atoms with Crippen LogP contribution in [0.15, 0.2) is 10.9 Å². The third-order valence-electron chi connectivity index (χ3n) is 7.21. The standard InChI is InChI=1S/C29H44N6O2/c1-10-20-17(4)23(27(37)33-18(20)5)15-31-26(36)21-11-24(34-25(22(21)14-30)32-16(2)3)19-12-28(6,7)35-29(8,9)13-19/h11,14,16,19,30,35H,10,12-13,15H2,1-9H3,(H,31,36)(H,32,34)(H,33,37). The number of aromatic amines is 1. The molecule has 0 bridgehead atoms. The number of aryl methyl sites for hydroxylation is 1. The third-order valence-corrected chi connectivity index (χ3v) is 7.21. The Morgan fingerprint density at radius 3 is 2.35 bits per heavy atom. The molecule has 1 amide bonds. The normalized spacial score (nSPS) is 17.0. The summed E-state index contributed by atoms with van der Waals surface area (Å²) >= 11 is 0. The Bertz CT molecular complexity index is 1230. The lowest BCUT2D eigenvalue weighted by molar-refractivity contribution is 0.0950. The molecule has 2 aromatic rings. The molecule has 8 heteroatoms. The molecule has 0 spiro atoms. The Kier molecular flexibility index (Phi) is 8.32. The van der Waals surface area contributed by atoms with Crippen LogP contribution < -0.4 is 21.5 Å². The van der Waals surface area contributed by atoms with Gasteiger partial charge in [-0.1, -0.05) is 6.92 Å². The van der Waals surface area contributed by atoms with Crippen LogP contribution in [0.4, 0.5) is 5.82 Å². The molecule has 0 radical (unpaired) electrons. The molecule has 8 nitrogen and oxygen atoms in total. The minimum absolute atomic E-state index is 0.0800. The van der Waals surface area contributed by atoms with Gasteiger partial charge in [0.2, 0.25) is 0 Å². The lowest BCUT2D eigenvalue weighted by Crippen LogP contribution is -2.57. The predicted octanol–water partition coefficient (Wildman–Crippen LogP) is 4.72. The molecular weight excluding hydrogens is 464 g/mol. The van der Waals surface area contributed by atoms with E-state index < -0.39 is 0 Å². The van der Waals surface area contributed by atoms with Crippen LogP contribution in [0.5, 0.6) is 0 Å². The van der Waals surface area contributed by atoms with Gasteiger partial charge in [0.25, 0.3) is 11.5 Å². The molecule has 37 heavy (non-hydrogen) atoms. The third kappa shape index (κ3) is 6.47. The monoisotopic (exact) mass is 508 g/mol. The highest BCUT2D eigenvalue weighted by molar-refractivity contribution is 6.04. The molecule has 0 aromatic carbocycles. The quantitative estimate of drug-likeness (QED) is 0.330. The van der Waals surface area contributed by atoms with Gasteiger partial charge in [-0.15, -0.1) is 0 Å². The van der Waals surface area contributed by atoms with Gasteiger partial charge < -0.3 is 26.3 Å². The largest absolute Gasteiger partial charge is 0.367 e. The van der Waals surface area contributed by atoms with Gasteiger partial charge in [-0.2, -0.15) is 0 Å². The Labute approximate surface area is 221 Å². The van der Waals surface area contributed by atoms with Crippen molar-refractivity contribution in [3.05, 3.63) is 55.6 Å². The van der Waals surface area contributed by atoms with Crippen LogP contribution in [-0.2, 0) is 13.0 Å². The van der Waals surface area contributed by atoms with E-state index in [1.54, 1.807) is 0 Å². The van der Waals surface area contributed by atoms with Crippen LogP contribution >= 0.6 is 0 Å². The number of pyridine rings is 2. The fourth-order valence-electron chi connectivity index (χ4n) is 5.99. The summed E-state index contributed by atoms with van der Waals surface area (Å²) < 4.78 is 0. The average molecular weight is 509 g/mol. The van der Waals surface area contributed by atoms with Crippen LogP contribution in [-0.4, -0.2) is 39.2 Å². The van der Waals surface area contributed by atoms with Crippen molar-refractivity contribution in [2.45, 2.75) is 111 Å². The number of rotatable bonds is 8. The number of hydrogen-bond donors (Lipinski definition) is 5. The van der Waals surface area contributed by atoms with Gasteiger partial charge in [-0.05, 0) is 91.8 Å². The van der Waals surface area contributed by atoms with Crippen LogP contribution in [0.2, 0.25) is 0 Å². The van der Waals surface area contributed by atoms with E-state index in [-0.39, 0.29) is 41.0 Å². The highest BCUT2D eigenvalue weighted by atomic mass is 16.1. The smallest absolute Gasteiger partial charge is 0.253 e. The Balaban J connectivity index is 2.03. The summed E-state index contributed by atoms with van der Waals surface area (Å²) in [6.07, 6.45) is 3.75. The topological polar surface area (TPSA) is 123 Å². The molecule has 0 aliphatic carbocycles. The van der Waals surface area contributed by atoms with E-state index in [1.807, 2.05) is 33.8 Å². The maximum absolute atomic E-state index is 13.6.